The number of benzene rings is 7. The van der Waals surface area contributed by atoms with Gasteiger partial charge in [0.15, 0.2) is 0 Å². The number of para-hydroxylation sites is 3. The molecule has 0 spiro atoms. The number of fused-ring (bicyclic) bond motifs is 6. The molecule has 1 N–H and O–H groups in total. The van der Waals surface area contributed by atoms with Crippen LogP contribution in [0.3, 0.4) is 0 Å². The van der Waals surface area contributed by atoms with Crippen LogP contribution in [0.5, 0.6) is 0 Å². The van der Waals surface area contributed by atoms with E-state index in [4.69, 9.17) is 4.99 Å². The molecule has 0 amide bonds. The molecule has 4 heteroatoms. The number of anilines is 1. The Morgan fingerprint density at radius 1 is 0.500 bits per heavy atom. The van der Waals surface area contributed by atoms with E-state index in [0.29, 0.717) is 0 Å². The monoisotopic (exact) mass is 612 g/mol. The first-order chi connectivity index (χ1) is 23.8. The van der Waals surface area contributed by atoms with Gasteiger partial charge in [0.05, 0.1) is 33.3 Å². The minimum Gasteiger partial charge on any atom is -0.360 e. The molecule has 0 radical (unpaired) electrons. The molecule has 7 aromatic carbocycles. The second kappa shape index (κ2) is 9.57. The van der Waals surface area contributed by atoms with Crippen molar-refractivity contribution in [3.8, 4) is 5.69 Å². The molecule has 1 aliphatic rings. The Labute approximate surface area is 276 Å². The SMILES string of the molecule is c1ccc(C2=NC(c3cccc(-n4c5cccc6c7cccc8c9ccccc9n(c9cccc4c9c65)c78)c3)Nc3ccccc32)cc1. The predicted molar refractivity (Wildman–Crippen MR) is 200 cm³/mol. The zero-order chi connectivity index (χ0) is 31.3. The van der Waals surface area contributed by atoms with Crippen LogP contribution in [0.1, 0.15) is 22.9 Å². The molecule has 4 heterocycles. The summed E-state index contributed by atoms with van der Waals surface area (Å²) >= 11 is 0. The van der Waals surface area contributed by atoms with Gasteiger partial charge in [-0.2, -0.15) is 0 Å². The molecule has 48 heavy (non-hydrogen) atoms. The normalized spacial score (nSPS) is 14.8. The summed E-state index contributed by atoms with van der Waals surface area (Å²) in [4.78, 5) is 5.32. The Morgan fingerprint density at radius 2 is 1.15 bits per heavy atom. The van der Waals surface area contributed by atoms with Crippen LogP contribution in [0.4, 0.5) is 5.69 Å². The summed E-state index contributed by atoms with van der Waals surface area (Å²) in [7, 11) is 0. The summed E-state index contributed by atoms with van der Waals surface area (Å²) in [6.45, 7) is 0. The largest absolute Gasteiger partial charge is 0.360 e. The molecule has 0 fully saturated rings. The third kappa shape index (κ3) is 3.41. The average Bonchev–Trinajstić information content (AvgIpc) is 3.64. The van der Waals surface area contributed by atoms with Crippen LogP contribution in [0.15, 0.2) is 163 Å². The summed E-state index contributed by atoms with van der Waals surface area (Å²) in [5, 5.41) is 11.4. The Kier molecular flexibility index (Phi) is 5.13. The van der Waals surface area contributed by atoms with Gasteiger partial charge in [-0.1, -0.05) is 115 Å². The number of aliphatic imine (C=N–C) groups is 1. The number of rotatable bonds is 3. The van der Waals surface area contributed by atoms with Gasteiger partial charge >= 0.3 is 0 Å². The van der Waals surface area contributed by atoms with Gasteiger partial charge in [0, 0.05) is 49.4 Å². The standard InChI is InChI=1S/C44H28N4/c1-2-12-27(13-3-1)42-34-17-4-6-21-35(34)45-44(46-42)28-14-8-15-29(26-28)47-37-23-10-18-31-33-20-9-19-32-30-16-5-7-22-36(30)48(43(32)33)39-25-11-24-38(47)41(39)40(31)37/h1-26,44-45H. The molecule has 1 atom stereocenters. The zero-order valence-electron chi connectivity index (χ0n) is 25.9. The smallest absolute Gasteiger partial charge is 0.145 e. The summed E-state index contributed by atoms with van der Waals surface area (Å²) in [5.41, 5.74) is 12.7. The highest BCUT2D eigenvalue weighted by Crippen LogP contribution is 2.44. The minimum atomic E-state index is -0.223. The molecule has 10 aromatic rings. The van der Waals surface area contributed by atoms with Crippen LogP contribution in [-0.2, 0) is 0 Å². The highest BCUT2D eigenvalue weighted by Gasteiger charge is 2.24. The Bertz CT molecular complexity index is 2930. The zero-order valence-corrected chi connectivity index (χ0v) is 25.9. The van der Waals surface area contributed by atoms with Crippen molar-refractivity contribution in [2.75, 3.05) is 5.32 Å². The lowest BCUT2D eigenvalue weighted by Gasteiger charge is -2.26. The van der Waals surface area contributed by atoms with Gasteiger partial charge in [-0.3, -0.25) is 4.99 Å². The van der Waals surface area contributed by atoms with Crippen LogP contribution in [0, 0.1) is 0 Å². The number of hydrogen-bond donors (Lipinski definition) is 1. The van der Waals surface area contributed by atoms with E-state index in [1.165, 1.54) is 59.9 Å². The molecule has 0 saturated carbocycles. The maximum atomic E-state index is 5.32. The highest BCUT2D eigenvalue weighted by molar-refractivity contribution is 6.31. The third-order valence-corrected chi connectivity index (χ3v) is 10.2. The van der Waals surface area contributed by atoms with Crippen molar-refractivity contribution in [1.82, 2.24) is 8.97 Å². The second-order valence-corrected chi connectivity index (χ2v) is 12.8. The lowest BCUT2D eigenvalue weighted by molar-refractivity contribution is 0.826. The highest BCUT2D eigenvalue weighted by atomic mass is 15.1. The fraction of sp³-hybridized carbons (Fsp3) is 0.0227. The van der Waals surface area contributed by atoms with Gasteiger partial charge in [-0.15, -0.1) is 0 Å². The first kappa shape index (κ1) is 25.8. The van der Waals surface area contributed by atoms with Crippen molar-refractivity contribution in [3.05, 3.63) is 174 Å². The molecule has 0 bridgehead atoms. The number of nitrogens with zero attached hydrogens (tertiary/aromatic N) is 3. The van der Waals surface area contributed by atoms with Crippen molar-refractivity contribution >= 4 is 71.3 Å². The van der Waals surface area contributed by atoms with Gasteiger partial charge in [-0.25, -0.2) is 0 Å². The molecular weight excluding hydrogens is 585 g/mol. The predicted octanol–water partition coefficient (Wildman–Crippen LogP) is 10.9. The lowest BCUT2D eigenvalue weighted by Crippen LogP contribution is -2.20. The number of nitrogens with one attached hydrogen (secondary N) is 1. The minimum absolute atomic E-state index is 0.223. The van der Waals surface area contributed by atoms with Crippen LogP contribution in [-0.4, -0.2) is 14.7 Å². The van der Waals surface area contributed by atoms with Crippen molar-refractivity contribution in [2.45, 2.75) is 6.17 Å². The summed E-state index contributed by atoms with van der Waals surface area (Å²) in [5.74, 6) is 0. The van der Waals surface area contributed by atoms with Crippen molar-refractivity contribution in [1.29, 1.82) is 0 Å². The molecule has 1 unspecified atom stereocenters. The van der Waals surface area contributed by atoms with E-state index in [1.807, 2.05) is 0 Å². The summed E-state index contributed by atoms with van der Waals surface area (Å²) in [6, 6.07) is 57.0. The fourth-order valence-electron chi connectivity index (χ4n) is 8.28. The van der Waals surface area contributed by atoms with E-state index < -0.39 is 0 Å². The van der Waals surface area contributed by atoms with Gasteiger partial charge in [0.1, 0.15) is 6.17 Å². The van der Waals surface area contributed by atoms with Crippen molar-refractivity contribution < 1.29 is 0 Å². The maximum Gasteiger partial charge on any atom is 0.145 e. The number of hydrogen-bond acceptors (Lipinski definition) is 2. The lowest BCUT2D eigenvalue weighted by atomic mass is 9.97. The van der Waals surface area contributed by atoms with Gasteiger partial charge in [0.25, 0.3) is 0 Å². The Hall–Kier alpha value is -6.39. The second-order valence-electron chi connectivity index (χ2n) is 12.8. The van der Waals surface area contributed by atoms with Crippen LogP contribution >= 0.6 is 0 Å². The van der Waals surface area contributed by atoms with Gasteiger partial charge in [-0.05, 0) is 53.4 Å². The Balaban J connectivity index is 1.19. The quantitative estimate of drug-likeness (QED) is 0.212. The van der Waals surface area contributed by atoms with E-state index in [2.05, 4.69) is 172 Å². The van der Waals surface area contributed by atoms with Gasteiger partial charge < -0.3 is 14.3 Å². The Morgan fingerprint density at radius 3 is 2.06 bits per heavy atom. The van der Waals surface area contributed by atoms with Crippen LogP contribution in [0.25, 0.3) is 65.6 Å². The third-order valence-electron chi connectivity index (χ3n) is 10.2. The first-order valence-electron chi connectivity index (χ1n) is 16.5. The summed E-state index contributed by atoms with van der Waals surface area (Å²) in [6.07, 6.45) is -0.223. The molecule has 1 aliphatic heterocycles. The van der Waals surface area contributed by atoms with Crippen LogP contribution in [0.2, 0.25) is 0 Å². The van der Waals surface area contributed by atoms with E-state index in [9.17, 15) is 0 Å². The van der Waals surface area contributed by atoms with E-state index in [0.717, 1.165) is 33.8 Å². The van der Waals surface area contributed by atoms with Crippen LogP contribution < -0.4 is 5.32 Å². The van der Waals surface area contributed by atoms with Crippen molar-refractivity contribution in [2.24, 2.45) is 4.99 Å². The summed E-state index contributed by atoms with van der Waals surface area (Å²) < 4.78 is 4.93. The molecule has 224 valence electrons. The molecule has 11 rings (SSSR count). The fourth-order valence-corrected chi connectivity index (χ4v) is 8.28. The first-order valence-corrected chi connectivity index (χ1v) is 16.5. The maximum absolute atomic E-state index is 5.32. The molecule has 4 nitrogen and oxygen atoms in total. The van der Waals surface area contributed by atoms with E-state index in [-0.39, 0.29) is 6.17 Å². The topological polar surface area (TPSA) is 33.7 Å². The number of aromatic nitrogens is 2. The molecule has 0 aliphatic carbocycles. The average molecular weight is 613 g/mol. The molecular formula is C44H28N4. The molecule has 3 aromatic heterocycles. The molecule has 0 saturated heterocycles. The van der Waals surface area contributed by atoms with Gasteiger partial charge in [0.2, 0.25) is 0 Å². The van der Waals surface area contributed by atoms with Crippen molar-refractivity contribution in [3.63, 3.8) is 0 Å². The van der Waals surface area contributed by atoms with E-state index in [1.54, 1.807) is 0 Å². The van der Waals surface area contributed by atoms with E-state index >= 15 is 0 Å².